The van der Waals surface area contributed by atoms with Gasteiger partial charge in [0.05, 0.1) is 11.8 Å². The summed E-state index contributed by atoms with van der Waals surface area (Å²) in [6, 6.07) is 1.65. The van der Waals surface area contributed by atoms with E-state index >= 15 is 0 Å². The van der Waals surface area contributed by atoms with E-state index < -0.39 is 5.54 Å². The predicted octanol–water partition coefficient (Wildman–Crippen LogP) is 2.02. The Morgan fingerprint density at radius 3 is 2.80 bits per heavy atom. The molecule has 1 aliphatic carbocycles. The molecule has 6 nitrogen and oxygen atoms in total. The molecular weight excluding hydrogens is 258 g/mol. The summed E-state index contributed by atoms with van der Waals surface area (Å²) < 4.78 is 5.27. The number of nitrogens with one attached hydrogen (secondary N) is 1. The molecule has 4 N–H and O–H groups in total. The molecule has 2 rings (SSSR count). The van der Waals surface area contributed by atoms with Crippen LogP contribution in [0.5, 0.6) is 0 Å². The van der Waals surface area contributed by atoms with E-state index in [1.807, 2.05) is 6.92 Å². The lowest BCUT2D eigenvalue weighted by Gasteiger charge is -2.36. The van der Waals surface area contributed by atoms with Gasteiger partial charge in [0.1, 0.15) is 11.3 Å². The molecule has 1 aromatic heterocycles. The third-order valence-electron chi connectivity index (χ3n) is 3.97. The zero-order chi connectivity index (χ0) is 14.6. The Hall–Kier alpha value is -1.98. The quantitative estimate of drug-likeness (QED) is 0.339. The van der Waals surface area contributed by atoms with Crippen molar-refractivity contribution in [2.24, 2.45) is 10.9 Å². The van der Waals surface area contributed by atoms with Crippen LogP contribution in [0, 0.1) is 0 Å². The van der Waals surface area contributed by atoms with Gasteiger partial charge in [-0.15, -0.1) is 0 Å². The molecular formula is C14H21N3O3. The molecule has 0 atom stereocenters. The maximum Gasteiger partial charge on any atom is 0.255 e. The molecule has 0 spiro atoms. The molecule has 1 saturated carbocycles. The molecule has 1 fully saturated rings. The van der Waals surface area contributed by atoms with Crippen LogP contribution in [0.25, 0.3) is 0 Å². The zero-order valence-electron chi connectivity index (χ0n) is 11.7. The number of amidine groups is 1. The Kier molecular flexibility index (Phi) is 4.32. The predicted molar refractivity (Wildman–Crippen MR) is 74.8 cm³/mol. The van der Waals surface area contributed by atoms with Crippen LogP contribution in [0.4, 0.5) is 0 Å². The maximum absolute atomic E-state index is 12.4. The van der Waals surface area contributed by atoms with Gasteiger partial charge in [-0.2, -0.15) is 0 Å². The molecule has 110 valence electrons. The summed E-state index contributed by atoms with van der Waals surface area (Å²) in [6.07, 6.45) is 6.52. The van der Waals surface area contributed by atoms with Gasteiger partial charge in [-0.3, -0.25) is 4.79 Å². The smallest absolute Gasteiger partial charge is 0.255 e. The zero-order valence-corrected chi connectivity index (χ0v) is 11.7. The van der Waals surface area contributed by atoms with Crippen molar-refractivity contribution < 1.29 is 14.4 Å². The first kappa shape index (κ1) is 14.4. The van der Waals surface area contributed by atoms with Gasteiger partial charge >= 0.3 is 0 Å². The molecule has 0 bridgehead atoms. The number of oxime groups is 1. The summed E-state index contributed by atoms with van der Waals surface area (Å²) in [7, 11) is 0. The maximum atomic E-state index is 12.4. The number of hydrogen-bond acceptors (Lipinski definition) is 4. The summed E-state index contributed by atoms with van der Waals surface area (Å²) >= 11 is 0. The standard InChI is InChI=1S/C14H21N3O3/c1-2-11-10(6-9-20-11)12(18)16-14(13(15)17-19)7-4-3-5-8-14/h6,9,19H,2-5,7-8H2,1H3,(H2,15,17)(H,16,18). The Morgan fingerprint density at radius 2 is 2.20 bits per heavy atom. The average molecular weight is 279 g/mol. The molecule has 0 saturated heterocycles. The monoisotopic (exact) mass is 279 g/mol. The molecule has 6 heteroatoms. The Balaban J connectivity index is 2.22. The summed E-state index contributed by atoms with van der Waals surface area (Å²) in [5.41, 5.74) is 5.59. The summed E-state index contributed by atoms with van der Waals surface area (Å²) in [6.45, 7) is 1.93. The fourth-order valence-corrected chi connectivity index (χ4v) is 2.80. The topological polar surface area (TPSA) is 101 Å². The fourth-order valence-electron chi connectivity index (χ4n) is 2.80. The lowest BCUT2D eigenvalue weighted by Crippen LogP contribution is -2.58. The average Bonchev–Trinajstić information content (AvgIpc) is 2.95. The summed E-state index contributed by atoms with van der Waals surface area (Å²) in [5.74, 6) is 0.490. The molecule has 0 aromatic carbocycles. The van der Waals surface area contributed by atoms with Gasteiger partial charge in [0.15, 0.2) is 5.84 Å². The van der Waals surface area contributed by atoms with E-state index in [2.05, 4.69) is 10.5 Å². The van der Waals surface area contributed by atoms with E-state index in [1.165, 1.54) is 6.26 Å². The van der Waals surface area contributed by atoms with Crippen LogP contribution in [0.15, 0.2) is 21.9 Å². The van der Waals surface area contributed by atoms with E-state index in [0.717, 1.165) is 19.3 Å². The van der Waals surface area contributed by atoms with Crippen molar-refractivity contribution in [2.45, 2.75) is 51.0 Å². The van der Waals surface area contributed by atoms with Crippen molar-refractivity contribution in [1.29, 1.82) is 0 Å². The molecule has 0 unspecified atom stereocenters. The first-order valence-electron chi connectivity index (χ1n) is 7.00. The molecule has 1 aliphatic rings. The van der Waals surface area contributed by atoms with Crippen LogP contribution in [0.1, 0.15) is 55.1 Å². The van der Waals surface area contributed by atoms with Crippen molar-refractivity contribution >= 4 is 11.7 Å². The van der Waals surface area contributed by atoms with Crippen LogP contribution in [-0.4, -0.2) is 22.5 Å². The van der Waals surface area contributed by atoms with Gasteiger partial charge in [-0.1, -0.05) is 31.3 Å². The van der Waals surface area contributed by atoms with E-state index in [4.69, 9.17) is 15.4 Å². The highest BCUT2D eigenvalue weighted by atomic mass is 16.4. The highest BCUT2D eigenvalue weighted by Gasteiger charge is 2.38. The number of nitrogens with two attached hydrogens (primary N) is 1. The number of furan rings is 1. The second-order valence-electron chi connectivity index (χ2n) is 5.19. The first-order chi connectivity index (χ1) is 9.63. The Bertz CT molecular complexity index is 502. The van der Waals surface area contributed by atoms with Crippen molar-refractivity contribution in [3.8, 4) is 0 Å². The molecule has 1 amide bonds. The third-order valence-corrected chi connectivity index (χ3v) is 3.97. The van der Waals surface area contributed by atoms with Gasteiger partial charge in [-0.25, -0.2) is 0 Å². The van der Waals surface area contributed by atoms with Crippen LogP contribution < -0.4 is 11.1 Å². The summed E-state index contributed by atoms with van der Waals surface area (Å²) in [5, 5.41) is 15.1. The number of nitrogens with zero attached hydrogens (tertiary/aromatic N) is 1. The van der Waals surface area contributed by atoms with Crippen LogP contribution in [0.2, 0.25) is 0 Å². The van der Waals surface area contributed by atoms with E-state index in [0.29, 0.717) is 30.6 Å². The molecule has 0 aliphatic heterocycles. The lowest BCUT2D eigenvalue weighted by molar-refractivity contribution is 0.0903. The molecule has 1 heterocycles. The molecule has 1 aromatic rings. The molecule has 20 heavy (non-hydrogen) atoms. The second kappa shape index (κ2) is 5.98. The second-order valence-corrected chi connectivity index (χ2v) is 5.19. The number of hydrogen-bond donors (Lipinski definition) is 3. The number of carbonyl (C=O) groups excluding carboxylic acids is 1. The van der Waals surface area contributed by atoms with Crippen molar-refractivity contribution in [2.75, 3.05) is 0 Å². The Morgan fingerprint density at radius 1 is 1.50 bits per heavy atom. The highest BCUT2D eigenvalue weighted by Crippen LogP contribution is 2.29. The third kappa shape index (κ3) is 2.64. The highest BCUT2D eigenvalue weighted by molar-refractivity contribution is 6.00. The van der Waals surface area contributed by atoms with Gasteiger partial charge in [0, 0.05) is 6.42 Å². The van der Waals surface area contributed by atoms with Gasteiger partial charge in [0.2, 0.25) is 0 Å². The lowest BCUT2D eigenvalue weighted by atomic mass is 9.80. The van der Waals surface area contributed by atoms with Crippen molar-refractivity contribution in [3.63, 3.8) is 0 Å². The normalized spacial score (nSPS) is 18.8. The number of aryl methyl sites for hydroxylation is 1. The largest absolute Gasteiger partial charge is 0.469 e. The minimum absolute atomic E-state index is 0.0760. The minimum atomic E-state index is -0.744. The van der Waals surface area contributed by atoms with Gasteiger partial charge < -0.3 is 20.7 Å². The van der Waals surface area contributed by atoms with Crippen LogP contribution in [-0.2, 0) is 6.42 Å². The molecule has 0 radical (unpaired) electrons. The summed E-state index contributed by atoms with van der Waals surface area (Å²) in [4.78, 5) is 12.4. The van der Waals surface area contributed by atoms with Gasteiger partial charge in [-0.05, 0) is 18.9 Å². The van der Waals surface area contributed by atoms with E-state index in [-0.39, 0.29) is 11.7 Å². The van der Waals surface area contributed by atoms with Crippen LogP contribution >= 0.6 is 0 Å². The SMILES string of the molecule is CCc1occc1C(=O)NC1(/C(N)=N/O)CCCCC1. The number of amides is 1. The van der Waals surface area contributed by atoms with Crippen LogP contribution in [0.3, 0.4) is 0 Å². The van der Waals surface area contributed by atoms with Crippen molar-refractivity contribution in [3.05, 3.63) is 23.7 Å². The van der Waals surface area contributed by atoms with E-state index in [9.17, 15) is 4.79 Å². The first-order valence-corrected chi connectivity index (χ1v) is 7.00. The minimum Gasteiger partial charge on any atom is -0.469 e. The van der Waals surface area contributed by atoms with Crippen molar-refractivity contribution in [1.82, 2.24) is 5.32 Å². The number of carbonyl (C=O) groups is 1. The fraction of sp³-hybridized carbons (Fsp3) is 0.571. The van der Waals surface area contributed by atoms with E-state index in [1.54, 1.807) is 6.07 Å². The Labute approximate surface area is 118 Å². The van der Waals surface area contributed by atoms with Gasteiger partial charge in [0.25, 0.3) is 5.91 Å². The number of rotatable bonds is 4.